The van der Waals surface area contributed by atoms with E-state index in [1.54, 1.807) is 0 Å². The molecule has 0 unspecified atom stereocenters. The Kier molecular flexibility index (Phi) is 3.39. The van der Waals surface area contributed by atoms with E-state index in [2.05, 4.69) is 15.9 Å². The van der Waals surface area contributed by atoms with Gasteiger partial charge in [-0.25, -0.2) is 0 Å². The third kappa shape index (κ3) is 2.20. The number of amides is 2. The van der Waals surface area contributed by atoms with Crippen LogP contribution in [0.3, 0.4) is 0 Å². The first-order valence-electron chi connectivity index (χ1n) is 3.29. The summed E-state index contributed by atoms with van der Waals surface area (Å²) in [6.07, 6.45) is 0.831. The molecule has 1 aliphatic rings. The summed E-state index contributed by atoms with van der Waals surface area (Å²) < 4.78 is 0. The van der Waals surface area contributed by atoms with Gasteiger partial charge in [0, 0.05) is 11.9 Å². The highest BCUT2D eigenvalue weighted by Gasteiger charge is 2.28. The van der Waals surface area contributed by atoms with Crippen LogP contribution in [-0.2, 0) is 4.79 Å². The zero-order chi connectivity index (χ0) is 8.27. The van der Waals surface area contributed by atoms with Crippen molar-refractivity contribution >= 4 is 38.8 Å². The lowest BCUT2D eigenvalue weighted by molar-refractivity contribution is -0.124. The standard InChI is InChI=1S/C6H8BrNO2S/c7-2-1-3-8-5(9)4-11-6(8)10/h1-4H2. The van der Waals surface area contributed by atoms with Crippen molar-refractivity contribution in [2.24, 2.45) is 0 Å². The van der Waals surface area contributed by atoms with Crippen LogP contribution in [-0.4, -0.2) is 33.7 Å². The molecule has 2 amide bonds. The first kappa shape index (κ1) is 9.06. The zero-order valence-corrected chi connectivity index (χ0v) is 8.28. The van der Waals surface area contributed by atoms with Gasteiger partial charge in [0.1, 0.15) is 0 Å². The lowest BCUT2D eigenvalue weighted by Crippen LogP contribution is -2.29. The van der Waals surface area contributed by atoms with E-state index in [0.717, 1.165) is 23.5 Å². The van der Waals surface area contributed by atoms with Crippen LogP contribution in [0.5, 0.6) is 0 Å². The van der Waals surface area contributed by atoms with Gasteiger partial charge >= 0.3 is 0 Å². The van der Waals surface area contributed by atoms with E-state index in [-0.39, 0.29) is 11.1 Å². The highest BCUT2D eigenvalue weighted by atomic mass is 79.9. The van der Waals surface area contributed by atoms with Crippen LogP contribution < -0.4 is 0 Å². The van der Waals surface area contributed by atoms with E-state index in [1.807, 2.05) is 0 Å². The van der Waals surface area contributed by atoms with Gasteiger partial charge in [-0.05, 0) is 6.42 Å². The molecular weight excluding hydrogens is 230 g/mol. The van der Waals surface area contributed by atoms with E-state index < -0.39 is 0 Å². The van der Waals surface area contributed by atoms with Gasteiger partial charge in [-0.3, -0.25) is 14.5 Å². The summed E-state index contributed by atoms with van der Waals surface area (Å²) in [5.74, 6) is 0.266. The number of nitrogens with zero attached hydrogens (tertiary/aromatic N) is 1. The number of carbonyl (C=O) groups is 2. The topological polar surface area (TPSA) is 37.4 Å². The molecule has 5 heteroatoms. The number of thioether (sulfide) groups is 1. The molecule has 0 aromatic carbocycles. The van der Waals surface area contributed by atoms with Crippen molar-refractivity contribution in [1.29, 1.82) is 0 Å². The third-order valence-electron chi connectivity index (χ3n) is 1.36. The molecule has 1 aliphatic heterocycles. The maximum absolute atomic E-state index is 11.0. The summed E-state index contributed by atoms with van der Waals surface area (Å²) in [5, 5.41) is 0.727. The van der Waals surface area contributed by atoms with E-state index in [0.29, 0.717) is 12.3 Å². The maximum Gasteiger partial charge on any atom is 0.288 e. The van der Waals surface area contributed by atoms with Crippen molar-refractivity contribution < 1.29 is 9.59 Å². The van der Waals surface area contributed by atoms with Crippen molar-refractivity contribution in [3.8, 4) is 0 Å². The average molecular weight is 238 g/mol. The molecule has 11 heavy (non-hydrogen) atoms. The van der Waals surface area contributed by atoms with Crippen LogP contribution in [0.15, 0.2) is 0 Å². The summed E-state index contributed by atoms with van der Waals surface area (Å²) in [5.41, 5.74) is 0. The van der Waals surface area contributed by atoms with Crippen molar-refractivity contribution in [1.82, 2.24) is 4.90 Å². The third-order valence-corrected chi connectivity index (χ3v) is 2.78. The SMILES string of the molecule is O=C1CSC(=O)N1CCCBr. The fourth-order valence-electron chi connectivity index (χ4n) is 0.815. The molecule has 62 valence electrons. The molecule has 1 heterocycles. The monoisotopic (exact) mass is 237 g/mol. The molecule has 0 atom stereocenters. The fourth-order valence-corrected chi connectivity index (χ4v) is 1.82. The molecule has 0 radical (unpaired) electrons. The molecule has 1 fully saturated rings. The number of imide groups is 1. The van der Waals surface area contributed by atoms with Gasteiger partial charge in [0.15, 0.2) is 0 Å². The van der Waals surface area contributed by atoms with E-state index in [9.17, 15) is 9.59 Å². The maximum atomic E-state index is 11.0. The van der Waals surface area contributed by atoms with Crippen LogP contribution >= 0.6 is 27.7 Å². The normalized spacial score (nSPS) is 18.1. The Morgan fingerprint density at radius 1 is 1.55 bits per heavy atom. The Balaban J connectivity index is 2.41. The number of halogens is 1. The average Bonchev–Trinajstić information content (AvgIpc) is 2.29. The van der Waals surface area contributed by atoms with Gasteiger partial charge in [0.05, 0.1) is 5.75 Å². The van der Waals surface area contributed by atoms with Gasteiger partial charge in [-0.15, -0.1) is 0 Å². The predicted octanol–water partition coefficient (Wildman–Crippen LogP) is 1.47. The van der Waals surface area contributed by atoms with Gasteiger partial charge in [0.25, 0.3) is 5.24 Å². The number of hydrogen-bond acceptors (Lipinski definition) is 3. The molecule has 0 saturated carbocycles. The molecule has 0 N–H and O–H groups in total. The lowest BCUT2D eigenvalue weighted by Gasteiger charge is -2.10. The van der Waals surface area contributed by atoms with Gasteiger partial charge < -0.3 is 0 Å². The highest BCUT2D eigenvalue weighted by molar-refractivity contribution is 9.09. The van der Waals surface area contributed by atoms with Crippen LogP contribution in [0, 0.1) is 0 Å². The molecule has 1 saturated heterocycles. The summed E-state index contributed by atoms with van der Waals surface area (Å²) in [7, 11) is 0. The second-order valence-corrected chi connectivity index (χ2v) is 3.86. The van der Waals surface area contributed by atoms with Crippen LogP contribution in [0.4, 0.5) is 4.79 Å². The van der Waals surface area contributed by atoms with Gasteiger partial charge in [-0.2, -0.15) is 0 Å². The second kappa shape index (κ2) is 4.11. The number of carbonyl (C=O) groups excluding carboxylic acids is 2. The predicted molar refractivity (Wildman–Crippen MR) is 48.0 cm³/mol. The lowest BCUT2D eigenvalue weighted by atomic mass is 10.4. The quantitative estimate of drug-likeness (QED) is 0.698. The first-order chi connectivity index (χ1) is 5.25. The van der Waals surface area contributed by atoms with Gasteiger partial charge in [0.2, 0.25) is 5.91 Å². The molecular formula is C6H8BrNO2S. The smallest absolute Gasteiger partial charge is 0.273 e. The molecule has 0 aromatic rings. The van der Waals surface area contributed by atoms with Crippen molar-refractivity contribution in [3.63, 3.8) is 0 Å². The number of alkyl halides is 1. The minimum Gasteiger partial charge on any atom is -0.273 e. The molecule has 1 rings (SSSR count). The Hall–Kier alpha value is -0.0300. The number of rotatable bonds is 3. The number of hydrogen-bond donors (Lipinski definition) is 0. The molecule has 0 aromatic heterocycles. The van der Waals surface area contributed by atoms with Crippen LogP contribution in [0.25, 0.3) is 0 Å². The van der Waals surface area contributed by atoms with E-state index >= 15 is 0 Å². The van der Waals surface area contributed by atoms with Crippen LogP contribution in [0.1, 0.15) is 6.42 Å². The summed E-state index contributed by atoms with van der Waals surface area (Å²) in [6, 6.07) is 0. The minimum atomic E-state index is -0.101. The Bertz CT molecular complexity index is 169. The van der Waals surface area contributed by atoms with E-state index in [1.165, 1.54) is 4.90 Å². The van der Waals surface area contributed by atoms with Crippen molar-refractivity contribution in [2.75, 3.05) is 17.6 Å². The molecule has 0 bridgehead atoms. The van der Waals surface area contributed by atoms with Crippen molar-refractivity contribution in [3.05, 3.63) is 0 Å². The molecule has 0 aliphatic carbocycles. The first-order valence-corrected chi connectivity index (χ1v) is 5.39. The minimum absolute atomic E-state index is 0.0547. The Morgan fingerprint density at radius 2 is 2.27 bits per heavy atom. The second-order valence-electron chi connectivity index (χ2n) is 2.14. The molecule has 0 spiro atoms. The Labute approximate surface area is 77.6 Å². The summed E-state index contributed by atoms with van der Waals surface area (Å²) in [4.78, 5) is 23.2. The zero-order valence-electron chi connectivity index (χ0n) is 5.88. The van der Waals surface area contributed by atoms with Crippen LogP contribution in [0.2, 0.25) is 0 Å². The Morgan fingerprint density at radius 3 is 2.73 bits per heavy atom. The van der Waals surface area contributed by atoms with Gasteiger partial charge in [-0.1, -0.05) is 27.7 Å². The summed E-state index contributed by atoms with van der Waals surface area (Å²) in [6.45, 7) is 0.552. The fraction of sp³-hybridized carbons (Fsp3) is 0.667. The van der Waals surface area contributed by atoms with Crippen molar-refractivity contribution in [2.45, 2.75) is 6.42 Å². The van der Waals surface area contributed by atoms with E-state index in [4.69, 9.17) is 0 Å². The summed E-state index contributed by atoms with van der Waals surface area (Å²) >= 11 is 4.33. The molecule has 3 nitrogen and oxygen atoms in total. The highest BCUT2D eigenvalue weighted by Crippen LogP contribution is 2.18. The largest absolute Gasteiger partial charge is 0.288 e.